The van der Waals surface area contributed by atoms with Crippen LogP contribution in [0.1, 0.15) is 31.2 Å². The van der Waals surface area contributed by atoms with E-state index in [0.717, 1.165) is 31.2 Å². The Morgan fingerprint density at radius 1 is 1.42 bits per heavy atom. The van der Waals surface area contributed by atoms with Crippen molar-refractivity contribution in [3.63, 3.8) is 0 Å². The van der Waals surface area contributed by atoms with E-state index in [1.807, 2.05) is 6.07 Å². The van der Waals surface area contributed by atoms with Crippen LogP contribution < -0.4 is 4.74 Å². The largest absolute Gasteiger partial charge is 0.494 e. The Balaban J connectivity index is 2.03. The molecule has 0 radical (unpaired) electrons. The fourth-order valence-electron chi connectivity index (χ4n) is 3.01. The Labute approximate surface area is 112 Å². The summed E-state index contributed by atoms with van der Waals surface area (Å²) in [5.41, 5.74) is 0.917. The summed E-state index contributed by atoms with van der Waals surface area (Å²) in [5, 5.41) is 8.89. The second-order valence-electron chi connectivity index (χ2n) is 5.22. The molecular formula is C15H19FO3. The summed E-state index contributed by atoms with van der Waals surface area (Å²) in [4.78, 5) is 10.8. The second-order valence-corrected chi connectivity index (χ2v) is 5.22. The SMILES string of the molecule is COc1ccc(CC2CCCC2CC(=O)O)cc1F. The van der Waals surface area contributed by atoms with Gasteiger partial charge in [-0.1, -0.05) is 12.5 Å². The highest BCUT2D eigenvalue weighted by molar-refractivity contribution is 5.67. The highest BCUT2D eigenvalue weighted by Gasteiger charge is 2.29. The van der Waals surface area contributed by atoms with E-state index in [4.69, 9.17) is 9.84 Å². The summed E-state index contributed by atoms with van der Waals surface area (Å²) in [6.45, 7) is 0. The molecule has 104 valence electrons. The first-order valence-corrected chi connectivity index (χ1v) is 6.64. The number of benzene rings is 1. The highest BCUT2D eigenvalue weighted by Crippen LogP contribution is 2.36. The van der Waals surface area contributed by atoms with E-state index in [1.165, 1.54) is 13.2 Å². The second kappa shape index (κ2) is 6.04. The van der Waals surface area contributed by atoms with Crippen LogP contribution in [0.3, 0.4) is 0 Å². The van der Waals surface area contributed by atoms with Crippen molar-refractivity contribution in [3.8, 4) is 5.75 Å². The number of ether oxygens (including phenoxy) is 1. The van der Waals surface area contributed by atoms with Gasteiger partial charge < -0.3 is 9.84 Å². The average Bonchev–Trinajstić information content (AvgIpc) is 2.76. The van der Waals surface area contributed by atoms with Gasteiger partial charge in [-0.3, -0.25) is 4.79 Å². The van der Waals surface area contributed by atoms with Gasteiger partial charge in [-0.25, -0.2) is 4.39 Å². The highest BCUT2D eigenvalue weighted by atomic mass is 19.1. The number of rotatable bonds is 5. The van der Waals surface area contributed by atoms with Crippen molar-refractivity contribution in [3.05, 3.63) is 29.6 Å². The third-order valence-corrected chi connectivity index (χ3v) is 3.97. The van der Waals surface area contributed by atoms with Gasteiger partial charge in [0.1, 0.15) is 0 Å². The Morgan fingerprint density at radius 2 is 2.16 bits per heavy atom. The molecule has 0 aliphatic heterocycles. The number of hydrogen-bond acceptors (Lipinski definition) is 2. The maximum absolute atomic E-state index is 13.6. The molecule has 2 unspecified atom stereocenters. The molecule has 1 saturated carbocycles. The predicted molar refractivity (Wildman–Crippen MR) is 69.7 cm³/mol. The van der Waals surface area contributed by atoms with Crippen molar-refractivity contribution in [1.29, 1.82) is 0 Å². The molecule has 1 fully saturated rings. The smallest absolute Gasteiger partial charge is 0.303 e. The van der Waals surface area contributed by atoms with Gasteiger partial charge in [0.15, 0.2) is 11.6 Å². The van der Waals surface area contributed by atoms with E-state index < -0.39 is 5.97 Å². The Kier molecular flexibility index (Phi) is 4.40. The molecule has 4 heteroatoms. The van der Waals surface area contributed by atoms with Crippen molar-refractivity contribution >= 4 is 5.97 Å². The molecule has 1 aromatic carbocycles. The number of aliphatic carboxylic acids is 1. The summed E-state index contributed by atoms with van der Waals surface area (Å²) in [5.74, 6) is -0.269. The van der Waals surface area contributed by atoms with Crippen LogP contribution in [-0.2, 0) is 11.2 Å². The zero-order valence-electron chi connectivity index (χ0n) is 11.1. The molecule has 0 heterocycles. The minimum atomic E-state index is -0.738. The van der Waals surface area contributed by atoms with Crippen molar-refractivity contribution in [2.45, 2.75) is 32.1 Å². The van der Waals surface area contributed by atoms with Crippen LogP contribution in [0.5, 0.6) is 5.75 Å². The van der Waals surface area contributed by atoms with Crippen LogP contribution in [0.4, 0.5) is 4.39 Å². The van der Waals surface area contributed by atoms with Crippen LogP contribution in [0.2, 0.25) is 0 Å². The lowest BCUT2D eigenvalue weighted by Crippen LogP contribution is -2.15. The lowest BCUT2D eigenvalue weighted by molar-refractivity contribution is -0.138. The van der Waals surface area contributed by atoms with Crippen LogP contribution in [-0.4, -0.2) is 18.2 Å². The van der Waals surface area contributed by atoms with E-state index in [2.05, 4.69) is 0 Å². The number of carbonyl (C=O) groups is 1. The minimum Gasteiger partial charge on any atom is -0.494 e. The van der Waals surface area contributed by atoms with Gasteiger partial charge in [-0.2, -0.15) is 0 Å². The maximum Gasteiger partial charge on any atom is 0.303 e. The minimum absolute atomic E-state index is 0.225. The van der Waals surface area contributed by atoms with Crippen LogP contribution >= 0.6 is 0 Å². The molecule has 3 nitrogen and oxygen atoms in total. The average molecular weight is 266 g/mol. The standard InChI is InChI=1S/C15H19FO3/c1-19-14-6-5-10(8-13(14)16)7-11-3-2-4-12(11)9-15(17)18/h5-6,8,11-12H,2-4,7,9H2,1H3,(H,17,18). The number of carboxylic acid groups (broad SMARTS) is 1. The van der Waals surface area contributed by atoms with E-state index in [0.29, 0.717) is 5.92 Å². The molecule has 0 saturated heterocycles. The Hall–Kier alpha value is -1.58. The van der Waals surface area contributed by atoms with Gasteiger partial charge >= 0.3 is 5.97 Å². The van der Waals surface area contributed by atoms with Crippen LogP contribution in [0, 0.1) is 17.7 Å². The summed E-state index contributed by atoms with van der Waals surface area (Å²) in [6, 6.07) is 4.98. The van der Waals surface area contributed by atoms with Gasteiger partial charge in [0.25, 0.3) is 0 Å². The van der Waals surface area contributed by atoms with Gasteiger partial charge in [-0.15, -0.1) is 0 Å². The van der Waals surface area contributed by atoms with E-state index in [-0.39, 0.29) is 23.9 Å². The third kappa shape index (κ3) is 3.46. The van der Waals surface area contributed by atoms with Crippen molar-refractivity contribution in [2.75, 3.05) is 7.11 Å². The molecule has 1 N–H and O–H groups in total. The first kappa shape index (κ1) is 13.8. The zero-order valence-corrected chi connectivity index (χ0v) is 11.1. The van der Waals surface area contributed by atoms with E-state index in [1.54, 1.807) is 6.07 Å². The molecule has 1 aliphatic carbocycles. The number of halogens is 1. The molecule has 1 aliphatic rings. The Bertz CT molecular complexity index is 459. The predicted octanol–water partition coefficient (Wildman–Crippen LogP) is 3.27. The zero-order chi connectivity index (χ0) is 13.8. The number of carboxylic acids is 1. The van der Waals surface area contributed by atoms with Gasteiger partial charge in [0.2, 0.25) is 0 Å². The number of methoxy groups -OCH3 is 1. The third-order valence-electron chi connectivity index (χ3n) is 3.97. The Morgan fingerprint density at radius 3 is 2.79 bits per heavy atom. The molecular weight excluding hydrogens is 247 g/mol. The first-order valence-electron chi connectivity index (χ1n) is 6.64. The normalized spacial score (nSPS) is 22.4. The van der Waals surface area contributed by atoms with E-state index >= 15 is 0 Å². The quantitative estimate of drug-likeness (QED) is 0.889. The number of hydrogen-bond donors (Lipinski definition) is 1. The van der Waals surface area contributed by atoms with Gasteiger partial charge in [0, 0.05) is 6.42 Å². The van der Waals surface area contributed by atoms with Gasteiger partial charge in [-0.05, 0) is 48.8 Å². The lowest BCUT2D eigenvalue weighted by atomic mass is 9.87. The fraction of sp³-hybridized carbons (Fsp3) is 0.533. The molecule has 19 heavy (non-hydrogen) atoms. The molecule has 2 atom stereocenters. The summed E-state index contributed by atoms with van der Waals surface area (Å²) < 4.78 is 18.5. The van der Waals surface area contributed by atoms with Crippen LogP contribution in [0.15, 0.2) is 18.2 Å². The summed E-state index contributed by atoms with van der Waals surface area (Å²) >= 11 is 0. The molecule has 0 bridgehead atoms. The topological polar surface area (TPSA) is 46.5 Å². The monoisotopic (exact) mass is 266 g/mol. The van der Waals surface area contributed by atoms with Crippen molar-refractivity contribution < 1.29 is 19.0 Å². The van der Waals surface area contributed by atoms with Gasteiger partial charge in [0.05, 0.1) is 7.11 Å². The lowest BCUT2D eigenvalue weighted by Gasteiger charge is -2.18. The van der Waals surface area contributed by atoms with Crippen LogP contribution in [0.25, 0.3) is 0 Å². The molecule has 2 rings (SSSR count). The summed E-state index contributed by atoms with van der Waals surface area (Å²) in [7, 11) is 1.44. The maximum atomic E-state index is 13.6. The fourth-order valence-corrected chi connectivity index (χ4v) is 3.01. The van der Waals surface area contributed by atoms with Crippen molar-refractivity contribution in [2.24, 2.45) is 11.8 Å². The molecule has 0 spiro atoms. The molecule has 0 amide bonds. The van der Waals surface area contributed by atoms with E-state index in [9.17, 15) is 9.18 Å². The molecule has 1 aromatic rings. The first-order chi connectivity index (χ1) is 9.10. The summed E-state index contributed by atoms with van der Waals surface area (Å²) in [6.07, 6.45) is 4.05. The van der Waals surface area contributed by atoms with Crippen molar-refractivity contribution in [1.82, 2.24) is 0 Å². The molecule has 0 aromatic heterocycles.